The van der Waals surface area contributed by atoms with Gasteiger partial charge in [0.1, 0.15) is 0 Å². The maximum Gasteiger partial charge on any atom is 0.317 e. The van der Waals surface area contributed by atoms with E-state index in [1.165, 1.54) is 6.92 Å². The van der Waals surface area contributed by atoms with E-state index in [-0.39, 0.29) is 22.6 Å². The SMILES string of the molecule is Cc1cc([N+](=O)[O-])cc([N+](=O)[O-])c1O.[Cu]. The largest absolute Gasteiger partial charge is 0.502 e. The molecule has 0 aliphatic carbocycles. The molecule has 85 valence electrons. The second-order valence-corrected chi connectivity index (χ2v) is 2.64. The van der Waals surface area contributed by atoms with Crippen LogP contribution >= 0.6 is 0 Å². The summed E-state index contributed by atoms with van der Waals surface area (Å²) in [5.41, 5.74) is -0.963. The molecule has 0 unspecified atom stereocenters. The summed E-state index contributed by atoms with van der Waals surface area (Å²) in [6.45, 7) is 1.36. The molecule has 0 amide bonds. The second kappa shape index (κ2) is 4.72. The van der Waals surface area contributed by atoms with Crippen molar-refractivity contribution in [3.63, 3.8) is 0 Å². The number of benzene rings is 1. The molecule has 1 aromatic rings. The number of rotatable bonds is 2. The van der Waals surface area contributed by atoms with E-state index >= 15 is 0 Å². The molecular weight excluding hydrogens is 256 g/mol. The van der Waals surface area contributed by atoms with E-state index in [2.05, 4.69) is 0 Å². The van der Waals surface area contributed by atoms with Gasteiger partial charge in [-0.3, -0.25) is 20.2 Å². The number of nitro groups is 2. The second-order valence-electron chi connectivity index (χ2n) is 2.64. The summed E-state index contributed by atoms with van der Waals surface area (Å²) in [5, 5.41) is 29.9. The summed E-state index contributed by atoms with van der Waals surface area (Å²) in [4.78, 5) is 19.1. The Morgan fingerprint density at radius 3 is 2.13 bits per heavy atom. The van der Waals surface area contributed by atoms with Crippen molar-refractivity contribution in [2.45, 2.75) is 6.92 Å². The number of hydrogen-bond acceptors (Lipinski definition) is 5. The van der Waals surface area contributed by atoms with Gasteiger partial charge >= 0.3 is 5.69 Å². The Morgan fingerprint density at radius 1 is 1.20 bits per heavy atom. The number of nitrogens with zero attached hydrogens (tertiary/aromatic N) is 2. The Kier molecular flexibility index (Phi) is 4.20. The zero-order chi connectivity index (χ0) is 10.9. The van der Waals surface area contributed by atoms with Crippen molar-refractivity contribution >= 4 is 11.4 Å². The van der Waals surface area contributed by atoms with Crippen molar-refractivity contribution in [1.82, 2.24) is 0 Å². The van der Waals surface area contributed by atoms with E-state index in [1.54, 1.807) is 0 Å². The number of phenolic OH excluding ortho intramolecular Hbond substituents is 1. The van der Waals surface area contributed by atoms with E-state index in [1.807, 2.05) is 0 Å². The van der Waals surface area contributed by atoms with E-state index < -0.39 is 27.0 Å². The number of nitro benzene ring substituents is 2. The van der Waals surface area contributed by atoms with Crippen molar-refractivity contribution in [2.24, 2.45) is 0 Å². The van der Waals surface area contributed by atoms with Gasteiger partial charge in [0.15, 0.2) is 5.75 Å². The Balaban J connectivity index is 0.00000196. The number of hydrogen-bond donors (Lipinski definition) is 1. The summed E-state index contributed by atoms with van der Waals surface area (Å²) in [7, 11) is 0. The molecule has 1 aromatic carbocycles. The van der Waals surface area contributed by atoms with Crippen LogP contribution in [0.25, 0.3) is 0 Å². The first-order valence-electron chi connectivity index (χ1n) is 3.56. The average Bonchev–Trinajstić information content (AvgIpc) is 2.08. The molecule has 0 saturated heterocycles. The van der Waals surface area contributed by atoms with E-state index in [0.29, 0.717) is 0 Å². The zero-order valence-corrected chi connectivity index (χ0v) is 8.37. The standard InChI is InChI=1S/C7H6N2O5.Cu/c1-4-2-5(8(11)12)3-6(7(4)10)9(13)14;/h2-3,10H,1H3;. The molecule has 0 atom stereocenters. The minimum Gasteiger partial charge on any atom is -0.502 e. The third kappa shape index (κ3) is 2.64. The number of phenols is 1. The van der Waals surface area contributed by atoms with Gasteiger partial charge in [0.05, 0.1) is 15.9 Å². The maximum absolute atomic E-state index is 10.4. The van der Waals surface area contributed by atoms with Crippen LogP contribution in [-0.4, -0.2) is 15.0 Å². The predicted molar refractivity (Wildman–Crippen MR) is 46.2 cm³/mol. The number of aryl methyl sites for hydroxylation is 1. The van der Waals surface area contributed by atoms with Crippen molar-refractivity contribution in [2.75, 3.05) is 0 Å². The minimum absolute atomic E-state index is 0. The van der Waals surface area contributed by atoms with E-state index in [9.17, 15) is 25.3 Å². The average molecular weight is 262 g/mol. The first kappa shape index (κ1) is 13.3. The normalized spacial score (nSPS) is 9.13. The van der Waals surface area contributed by atoms with Crippen LogP contribution in [0.2, 0.25) is 0 Å². The summed E-state index contributed by atoms with van der Waals surface area (Å²) in [6, 6.07) is 1.80. The number of aromatic hydroxyl groups is 1. The fourth-order valence-electron chi connectivity index (χ4n) is 0.987. The molecule has 8 heteroatoms. The van der Waals surface area contributed by atoms with Gasteiger partial charge in [-0.05, 0) is 6.92 Å². The van der Waals surface area contributed by atoms with Crippen molar-refractivity contribution in [1.29, 1.82) is 0 Å². The van der Waals surface area contributed by atoms with Crippen LogP contribution in [0.15, 0.2) is 12.1 Å². The Bertz CT molecular complexity index is 420. The van der Waals surface area contributed by atoms with Gasteiger partial charge in [-0.2, -0.15) is 0 Å². The van der Waals surface area contributed by atoms with Crippen LogP contribution in [0.4, 0.5) is 11.4 Å². The van der Waals surface area contributed by atoms with Crippen molar-refractivity contribution in [3.8, 4) is 5.75 Å². The van der Waals surface area contributed by atoms with E-state index in [0.717, 1.165) is 12.1 Å². The van der Waals surface area contributed by atoms with Gasteiger partial charge in [0, 0.05) is 28.7 Å². The van der Waals surface area contributed by atoms with Crippen LogP contribution in [-0.2, 0) is 17.1 Å². The first-order valence-corrected chi connectivity index (χ1v) is 3.56. The van der Waals surface area contributed by atoms with Crippen LogP contribution in [0.3, 0.4) is 0 Å². The molecule has 0 heterocycles. The molecule has 1 rings (SSSR count). The smallest absolute Gasteiger partial charge is 0.317 e. The monoisotopic (exact) mass is 261 g/mol. The Hall–Kier alpha value is -1.66. The van der Waals surface area contributed by atoms with Crippen LogP contribution in [0, 0.1) is 27.2 Å². The summed E-state index contributed by atoms with van der Waals surface area (Å²) in [5.74, 6) is -0.541. The predicted octanol–water partition coefficient (Wildman–Crippen LogP) is 1.51. The molecule has 0 spiro atoms. The molecule has 1 N–H and O–H groups in total. The molecule has 1 radical (unpaired) electrons. The third-order valence-corrected chi connectivity index (χ3v) is 1.67. The van der Waals surface area contributed by atoms with Gasteiger partial charge < -0.3 is 5.11 Å². The summed E-state index contributed by atoms with van der Waals surface area (Å²) in [6.07, 6.45) is 0. The molecule has 0 bridgehead atoms. The molecule has 0 aromatic heterocycles. The fraction of sp³-hybridized carbons (Fsp3) is 0.143. The van der Waals surface area contributed by atoms with Gasteiger partial charge in [-0.15, -0.1) is 0 Å². The van der Waals surface area contributed by atoms with Gasteiger partial charge in [0.25, 0.3) is 5.69 Å². The van der Waals surface area contributed by atoms with E-state index in [4.69, 9.17) is 0 Å². The summed E-state index contributed by atoms with van der Waals surface area (Å²) < 4.78 is 0. The van der Waals surface area contributed by atoms with Crippen molar-refractivity contribution in [3.05, 3.63) is 37.9 Å². The third-order valence-electron chi connectivity index (χ3n) is 1.67. The fourth-order valence-corrected chi connectivity index (χ4v) is 0.987. The van der Waals surface area contributed by atoms with Crippen LogP contribution in [0.5, 0.6) is 5.75 Å². The summed E-state index contributed by atoms with van der Waals surface area (Å²) >= 11 is 0. The van der Waals surface area contributed by atoms with Gasteiger partial charge in [-0.25, -0.2) is 0 Å². The molecule has 0 aliphatic rings. The molecule has 0 saturated carbocycles. The molecular formula is C7H6CuN2O5. The van der Waals surface area contributed by atoms with Crippen molar-refractivity contribution < 1.29 is 32.0 Å². The topological polar surface area (TPSA) is 107 Å². The maximum atomic E-state index is 10.4. The first-order chi connectivity index (χ1) is 6.43. The van der Waals surface area contributed by atoms with Gasteiger partial charge in [0.2, 0.25) is 0 Å². The van der Waals surface area contributed by atoms with Crippen LogP contribution in [0.1, 0.15) is 5.56 Å². The molecule has 0 fully saturated rings. The molecule has 15 heavy (non-hydrogen) atoms. The van der Waals surface area contributed by atoms with Crippen LogP contribution < -0.4 is 0 Å². The molecule has 7 nitrogen and oxygen atoms in total. The van der Waals surface area contributed by atoms with Gasteiger partial charge in [-0.1, -0.05) is 0 Å². The number of non-ortho nitro benzene ring substituents is 1. The Morgan fingerprint density at radius 2 is 1.73 bits per heavy atom. The zero-order valence-electron chi connectivity index (χ0n) is 7.43. The minimum atomic E-state index is -0.866. The Labute approximate surface area is 94.5 Å². The quantitative estimate of drug-likeness (QED) is 0.493. The molecule has 0 aliphatic heterocycles.